The molecule has 3 nitrogen and oxygen atoms in total. The van der Waals surface area contributed by atoms with Crippen LogP contribution in [-0.4, -0.2) is 42.8 Å². The summed E-state index contributed by atoms with van der Waals surface area (Å²) in [6, 6.07) is 4.12. The van der Waals surface area contributed by atoms with E-state index < -0.39 is 11.6 Å². The second-order valence-electron chi connectivity index (χ2n) is 5.68. The van der Waals surface area contributed by atoms with E-state index in [1.807, 2.05) is 0 Å². The fraction of sp³-hybridized carbons (Fsp3) is 0.625. The largest absolute Gasteiger partial charge is 0.395 e. The number of hydrogen-bond donors (Lipinski definition) is 2. The second-order valence-corrected chi connectivity index (χ2v) is 5.68. The van der Waals surface area contributed by atoms with Crippen molar-refractivity contribution in [2.75, 3.05) is 26.7 Å². The van der Waals surface area contributed by atoms with E-state index in [0.717, 1.165) is 19.0 Å². The van der Waals surface area contributed by atoms with Gasteiger partial charge in [-0.25, -0.2) is 8.78 Å². The van der Waals surface area contributed by atoms with Crippen LogP contribution >= 0.6 is 0 Å². The smallest absolute Gasteiger partial charge is 0.126 e. The highest BCUT2D eigenvalue weighted by Gasteiger charge is 2.25. The summed E-state index contributed by atoms with van der Waals surface area (Å²) in [5, 5.41) is 12.3. The molecule has 1 aromatic rings. The average molecular weight is 298 g/mol. The number of nitrogens with zero attached hydrogens (tertiary/aromatic N) is 1. The van der Waals surface area contributed by atoms with Crippen molar-refractivity contribution in [2.45, 2.75) is 37.8 Å². The van der Waals surface area contributed by atoms with Gasteiger partial charge in [-0.2, -0.15) is 0 Å². The van der Waals surface area contributed by atoms with Gasteiger partial charge < -0.3 is 10.4 Å². The van der Waals surface area contributed by atoms with Crippen molar-refractivity contribution in [2.24, 2.45) is 0 Å². The lowest BCUT2D eigenvalue weighted by atomic mass is 9.91. The molecule has 0 aromatic heterocycles. The molecular formula is C16H24F2N2O. The summed E-state index contributed by atoms with van der Waals surface area (Å²) >= 11 is 0. The molecule has 1 aliphatic carbocycles. The molecule has 118 valence electrons. The molecule has 0 heterocycles. The first-order valence-corrected chi connectivity index (χ1v) is 7.62. The summed E-state index contributed by atoms with van der Waals surface area (Å²) in [5.74, 6) is -1.09. The van der Waals surface area contributed by atoms with Crippen LogP contribution < -0.4 is 5.32 Å². The molecular weight excluding hydrogens is 274 g/mol. The topological polar surface area (TPSA) is 35.5 Å². The monoisotopic (exact) mass is 298 g/mol. The van der Waals surface area contributed by atoms with E-state index in [1.165, 1.54) is 31.4 Å². The molecule has 0 spiro atoms. The molecule has 1 fully saturated rings. The van der Waals surface area contributed by atoms with Crippen molar-refractivity contribution in [1.29, 1.82) is 0 Å². The Balaban J connectivity index is 1.97. The Hall–Kier alpha value is -1.04. The third kappa shape index (κ3) is 4.46. The minimum absolute atomic E-state index is 0.0866. The van der Waals surface area contributed by atoms with E-state index in [4.69, 9.17) is 5.11 Å². The molecule has 2 N–H and O–H groups in total. The summed E-state index contributed by atoms with van der Waals surface area (Å²) in [4.78, 5) is 2.28. The first-order valence-electron chi connectivity index (χ1n) is 7.62. The van der Waals surface area contributed by atoms with Crippen LogP contribution in [0.5, 0.6) is 0 Å². The van der Waals surface area contributed by atoms with Crippen LogP contribution in [0.4, 0.5) is 8.78 Å². The Labute approximate surface area is 125 Å². The molecule has 1 aromatic carbocycles. The van der Waals surface area contributed by atoms with Crippen molar-refractivity contribution >= 4 is 0 Å². The maximum atomic E-state index is 13.3. The fourth-order valence-electron chi connectivity index (χ4n) is 2.91. The number of rotatable bonds is 8. The maximum Gasteiger partial charge on any atom is 0.126 e. The number of nitrogens with one attached hydrogen (secondary N) is 1. The van der Waals surface area contributed by atoms with Gasteiger partial charge in [0, 0.05) is 31.2 Å². The van der Waals surface area contributed by atoms with Crippen molar-refractivity contribution in [3.05, 3.63) is 35.4 Å². The summed E-state index contributed by atoms with van der Waals surface area (Å²) in [5.41, 5.74) is 0.632. The third-order valence-electron chi connectivity index (χ3n) is 4.32. The number of hydrogen-bond acceptors (Lipinski definition) is 3. The first-order chi connectivity index (χ1) is 10.1. The molecule has 1 unspecified atom stereocenters. The Morgan fingerprint density at radius 2 is 1.90 bits per heavy atom. The van der Waals surface area contributed by atoms with Crippen molar-refractivity contribution in [3.8, 4) is 0 Å². The molecule has 0 aliphatic heterocycles. The maximum absolute atomic E-state index is 13.3. The Morgan fingerprint density at radius 1 is 1.24 bits per heavy atom. The zero-order valence-electron chi connectivity index (χ0n) is 12.5. The first kappa shape index (κ1) is 16.3. The van der Waals surface area contributed by atoms with Gasteiger partial charge in [0.25, 0.3) is 0 Å². The highest BCUT2D eigenvalue weighted by atomic mass is 19.1. The molecule has 1 atom stereocenters. The number of aliphatic hydroxyl groups excluding tert-OH is 1. The molecule has 0 bridgehead atoms. The van der Waals surface area contributed by atoms with Gasteiger partial charge in [-0.05, 0) is 44.0 Å². The minimum atomic E-state index is -0.545. The predicted octanol–water partition coefficient (Wildman–Crippen LogP) is 2.46. The lowest BCUT2D eigenvalue weighted by molar-refractivity contribution is 0.0971. The second kappa shape index (κ2) is 7.82. The normalized spacial score (nSPS) is 17.0. The molecule has 21 heavy (non-hydrogen) atoms. The quantitative estimate of drug-likeness (QED) is 0.774. The lowest BCUT2D eigenvalue weighted by Crippen LogP contribution is -2.43. The van der Waals surface area contributed by atoms with E-state index in [-0.39, 0.29) is 12.6 Å². The van der Waals surface area contributed by atoms with E-state index in [9.17, 15) is 8.78 Å². The van der Waals surface area contributed by atoms with Gasteiger partial charge in [0.1, 0.15) is 11.6 Å². The van der Waals surface area contributed by atoms with Crippen LogP contribution in [-0.2, 0) is 0 Å². The van der Waals surface area contributed by atoms with Crippen LogP contribution in [0.15, 0.2) is 18.2 Å². The lowest BCUT2D eigenvalue weighted by Gasteiger charge is -2.38. The van der Waals surface area contributed by atoms with Crippen LogP contribution in [0.1, 0.15) is 37.3 Å². The summed E-state index contributed by atoms with van der Waals surface area (Å²) < 4.78 is 26.6. The minimum Gasteiger partial charge on any atom is -0.395 e. The van der Waals surface area contributed by atoms with Gasteiger partial charge in [0.15, 0.2) is 0 Å². The highest BCUT2D eigenvalue weighted by molar-refractivity contribution is 5.21. The van der Waals surface area contributed by atoms with E-state index >= 15 is 0 Å². The van der Waals surface area contributed by atoms with E-state index in [0.29, 0.717) is 18.2 Å². The number of benzene rings is 1. The van der Waals surface area contributed by atoms with Crippen LogP contribution in [0, 0.1) is 11.6 Å². The summed E-state index contributed by atoms with van der Waals surface area (Å²) in [6.07, 6.45) is 4.37. The molecule has 1 saturated carbocycles. The van der Waals surface area contributed by atoms with Gasteiger partial charge in [0.2, 0.25) is 0 Å². The highest BCUT2D eigenvalue weighted by Crippen LogP contribution is 2.26. The fourth-order valence-corrected chi connectivity index (χ4v) is 2.91. The molecule has 2 rings (SSSR count). The van der Waals surface area contributed by atoms with Gasteiger partial charge in [-0.15, -0.1) is 0 Å². The van der Waals surface area contributed by atoms with Crippen LogP contribution in [0.3, 0.4) is 0 Å². The van der Waals surface area contributed by atoms with Crippen molar-refractivity contribution < 1.29 is 13.9 Å². The van der Waals surface area contributed by atoms with Gasteiger partial charge >= 0.3 is 0 Å². The van der Waals surface area contributed by atoms with Gasteiger partial charge in [-0.3, -0.25) is 4.90 Å². The molecule has 5 heteroatoms. The summed E-state index contributed by atoms with van der Waals surface area (Å²) in [6.45, 7) is 1.63. The van der Waals surface area contributed by atoms with Gasteiger partial charge in [-0.1, -0.05) is 6.42 Å². The molecule has 0 saturated heterocycles. The average Bonchev–Trinajstić information content (AvgIpc) is 2.36. The van der Waals surface area contributed by atoms with E-state index in [1.54, 1.807) is 7.05 Å². The standard InChI is InChI=1S/C16H24F2N2O/c1-19-16(12-9-13(17)11-14(18)10-12)5-6-20(7-8-21)15-3-2-4-15/h9-11,15-16,19,21H,2-8H2,1H3. The number of halogens is 2. The van der Waals surface area contributed by atoms with Gasteiger partial charge in [0.05, 0.1) is 6.61 Å². The van der Waals surface area contributed by atoms with E-state index in [2.05, 4.69) is 10.2 Å². The zero-order chi connectivity index (χ0) is 15.2. The SMILES string of the molecule is CNC(CCN(CCO)C1CCC1)c1cc(F)cc(F)c1. The molecule has 0 radical (unpaired) electrons. The molecule has 0 amide bonds. The molecule has 1 aliphatic rings. The third-order valence-corrected chi connectivity index (χ3v) is 4.32. The van der Waals surface area contributed by atoms with Crippen molar-refractivity contribution in [3.63, 3.8) is 0 Å². The Kier molecular flexibility index (Phi) is 6.08. The summed E-state index contributed by atoms with van der Waals surface area (Å²) in [7, 11) is 1.80. The number of aliphatic hydroxyl groups is 1. The Morgan fingerprint density at radius 3 is 2.38 bits per heavy atom. The predicted molar refractivity (Wildman–Crippen MR) is 79.1 cm³/mol. The van der Waals surface area contributed by atoms with Crippen LogP contribution in [0.25, 0.3) is 0 Å². The zero-order valence-corrected chi connectivity index (χ0v) is 12.5. The van der Waals surface area contributed by atoms with Crippen LogP contribution in [0.2, 0.25) is 0 Å². The Bertz CT molecular complexity index is 432. The van der Waals surface area contributed by atoms with Crippen molar-refractivity contribution in [1.82, 2.24) is 10.2 Å².